The van der Waals surface area contributed by atoms with E-state index in [2.05, 4.69) is 88.4 Å². The first-order valence-corrected chi connectivity index (χ1v) is 10.4. The van der Waals surface area contributed by atoms with E-state index in [9.17, 15) is 17.3 Å². The second kappa shape index (κ2) is 8.21. The lowest BCUT2D eigenvalue weighted by atomic mass is 9.91. The highest BCUT2D eigenvalue weighted by molar-refractivity contribution is 14.1. The maximum Gasteiger partial charge on any atom is 0.673 e. The molecule has 0 saturated carbocycles. The first-order chi connectivity index (χ1) is 11.1. The van der Waals surface area contributed by atoms with Crippen LogP contribution < -0.4 is 0 Å². The molecule has 2 aromatic rings. The van der Waals surface area contributed by atoms with Crippen LogP contribution in [-0.4, -0.2) is 7.25 Å². The van der Waals surface area contributed by atoms with E-state index in [1.165, 1.54) is 23.1 Å². The predicted octanol–water partition coefficient (Wildman–Crippen LogP) is 8.26. The summed E-state index contributed by atoms with van der Waals surface area (Å²) >= 11 is 6.22. The van der Waals surface area contributed by atoms with Gasteiger partial charge in [0.1, 0.15) is 0 Å². The zero-order valence-corrected chi connectivity index (χ0v) is 18.9. The number of hydrogen-bond acceptors (Lipinski definition) is 1. The van der Waals surface area contributed by atoms with E-state index in [1.54, 1.807) is 0 Å². The molecule has 0 spiro atoms. The van der Waals surface area contributed by atoms with E-state index >= 15 is 0 Å². The Bertz CT molecular complexity index is 674. The normalized spacial score (nSPS) is 12.6. The van der Waals surface area contributed by atoms with Gasteiger partial charge in [-0.15, -0.1) is 11.3 Å². The molecule has 0 aliphatic heterocycles. The fraction of sp³-hybridized carbons (Fsp3) is 0.471. The summed E-state index contributed by atoms with van der Waals surface area (Å²) in [5.74, 6) is 0. The molecule has 0 radical (unpaired) electrons. The second-order valence-corrected chi connectivity index (χ2v) is 11.7. The zero-order valence-electron chi connectivity index (χ0n) is 15.1. The summed E-state index contributed by atoms with van der Waals surface area (Å²) in [6.45, 7) is 13.8. The van der Waals surface area contributed by atoms with Gasteiger partial charge in [-0.25, -0.2) is 0 Å². The van der Waals surface area contributed by atoms with Crippen molar-refractivity contribution in [2.24, 2.45) is 0 Å². The van der Waals surface area contributed by atoms with E-state index in [1.807, 2.05) is 22.7 Å². The van der Waals surface area contributed by atoms with Crippen LogP contribution in [0.25, 0.3) is 10.4 Å². The molecule has 2 heterocycles. The number of halogens is 5. The summed E-state index contributed by atoms with van der Waals surface area (Å²) in [6, 6.07) is 9.19. The van der Waals surface area contributed by atoms with Crippen LogP contribution in [0.4, 0.5) is 17.3 Å². The molecule has 0 atom stereocenters. The van der Waals surface area contributed by atoms with Crippen LogP contribution in [-0.2, 0) is 10.8 Å². The van der Waals surface area contributed by atoms with Crippen molar-refractivity contribution in [1.82, 2.24) is 0 Å². The average molecular weight is 504 g/mol. The van der Waals surface area contributed by atoms with Crippen LogP contribution in [0.15, 0.2) is 24.3 Å². The quantitative estimate of drug-likeness (QED) is 0.159. The summed E-state index contributed by atoms with van der Waals surface area (Å²) in [6.07, 6.45) is 0. The van der Waals surface area contributed by atoms with Crippen molar-refractivity contribution in [3.8, 4) is 10.4 Å². The van der Waals surface area contributed by atoms with Crippen LogP contribution >= 0.6 is 45.3 Å². The molecular weight excluding hydrogens is 482 g/mol. The van der Waals surface area contributed by atoms with Gasteiger partial charge in [-0.2, -0.15) is 0 Å². The van der Waals surface area contributed by atoms with E-state index in [-0.39, 0.29) is 10.8 Å². The Balaban J connectivity index is 0.000000550. The van der Waals surface area contributed by atoms with Gasteiger partial charge in [-0.3, -0.25) is 0 Å². The van der Waals surface area contributed by atoms with Gasteiger partial charge in [-0.05, 0) is 34.7 Å². The molecule has 0 unspecified atom stereocenters. The lowest BCUT2D eigenvalue weighted by molar-refractivity contribution is 0.368. The predicted molar refractivity (Wildman–Crippen MR) is 112 cm³/mol. The Hall–Kier alpha value is -0.215. The fourth-order valence-corrected chi connectivity index (χ4v) is 4.68. The minimum atomic E-state index is -6.00. The lowest BCUT2D eigenvalue weighted by Gasteiger charge is -2.16. The van der Waals surface area contributed by atoms with Crippen molar-refractivity contribution in [3.05, 3.63) is 36.9 Å². The van der Waals surface area contributed by atoms with Crippen LogP contribution in [0.5, 0.6) is 0 Å². The van der Waals surface area contributed by atoms with E-state index in [4.69, 9.17) is 0 Å². The molecule has 0 aromatic carbocycles. The topological polar surface area (TPSA) is 0 Å². The molecule has 0 bridgehead atoms. The largest absolute Gasteiger partial charge is 0.673 e. The maximum atomic E-state index is 9.75. The maximum absolute atomic E-state index is 9.75. The molecule has 0 fully saturated rings. The summed E-state index contributed by atoms with van der Waals surface area (Å²) < 4.78 is 40.3. The number of thiophene rings is 1. The average Bonchev–Trinajstić information content (AvgIpc) is 2.81. The number of hydrogen-bond donors (Lipinski definition) is 0. The molecule has 25 heavy (non-hydrogen) atoms. The van der Waals surface area contributed by atoms with Crippen molar-refractivity contribution in [2.45, 2.75) is 52.4 Å². The third-order valence-electron chi connectivity index (χ3n) is 3.13. The van der Waals surface area contributed by atoms with Crippen molar-refractivity contribution in [3.63, 3.8) is 0 Å². The van der Waals surface area contributed by atoms with Crippen LogP contribution in [0.1, 0.15) is 51.3 Å². The zero-order chi connectivity index (χ0) is 19.6. The third-order valence-corrected chi connectivity index (χ3v) is 6.97. The van der Waals surface area contributed by atoms with E-state index in [0.29, 0.717) is 0 Å². The molecule has 0 nitrogen and oxygen atoms in total. The first kappa shape index (κ1) is 22.8. The van der Waals surface area contributed by atoms with E-state index in [0.717, 1.165) is 0 Å². The summed E-state index contributed by atoms with van der Waals surface area (Å²) in [7, 11) is -6.00. The van der Waals surface area contributed by atoms with Crippen molar-refractivity contribution >= 4 is 52.5 Å². The molecule has 0 aliphatic rings. The Morgan fingerprint density at radius 1 is 0.880 bits per heavy atom. The molecule has 2 aromatic heterocycles. The summed E-state index contributed by atoms with van der Waals surface area (Å²) in [5, 5.41) is 0. The van der Waals surface area contributed by atoms with Crippen molar-refractivity contribution in [2.75, 3.05) is 0 Å². The molecule has 0 aliphatic carbocycles. The van der Waals surface area contributed by atoms with Gasteiger partial charge in [0.25, 0.3) is 0 Å². The van der Waals surface area contributed by atoms with Crippen LogP contribution in [0.2, 0.25) is 0 Å². The summed E-state index contributed by atoms with van der Waals surface area (Å²) in [4.78, 5) is 4.30. The summed E-state index contributed by atoms with van der Waals surface area (Å²) in [5.41, 5.74) is 1.77. The molecular formula is C17H22BF4IS2. The standard InChI is InChI=1S/C17H22IS2.BF4/c1-16(2,3)13-9-11(12-7-8-15(18)19-12)10-14(20-13)17(4,5)6;2-1(3,4)5/h7-10H,1-6H3;/q+1;-1. The minimum Gasteiger partial charge on any atom is -0.418 e. The highest BCUT2D eigenvalue weighted by Gasteiger charge is 2.32. The van der Waals surface area contributed by atoms with Gasteiger partial charge in [0.2, 0.25) is 21.1 Å². The monoisotopic (exact) mass is 504 g/mol. The highest BCUT2D eigenvalue weighted by atomic mass is 127. The Morgan fingerprint density at radius 3 is 1.56 bits per heavy atom. The van der Waals surface area contributed by atoms with Gasteiger partial charge in [0, 0.05) is 33.4 Å². The lowest BCUT2D eigenvalue weighted by Crippen LogP contribution is -2.14. The second-order valence-electron chi connectivity index (χ2n) is 7.67. The molecule has 0 saturated heterocycles. The molecule has 0 N–H and O–H groups in total. The highest BCUT2D eigenvalue weighted by Crippen LogP contribution is 2.39. The smallest absolute Gasteiger partial charge is 0.418 e. The van der Waals surface area contributed by atoms with Crippen LogP contribution in [0, 0.1) is 2.88 Å². The van der Waals surface area contributed by atoms with Gasteiger partial charge in [0.05, 0.1) is 2.88 Å². The van der Waals surface area contributed by atoms with Crippen LogP contribution in [0.3, 0.4) is 0 Å². The molecule has 0 amide bonds. The van der Waals surface area contributed by atoms with Crippen molar-refractivity contribution < 1.29 is 17.3 Å². The van der Waals surface area contributed by atoms with Crippen molar-refractivity contribution in [1.29, 1.82) is 0 Å². The van der Waals surface area contributed by atoms with Gasteiger partial charge < -0.3 is 17.3 Å². The first-order valence-electron chi connectivity index (χ1n) is 7.69. The minimum absolute atomic E-state index is 0.199. The Morgan fingerprint density at radius 2 is 1.28 bits per heavy atom. The fourth-order valence-electron chi connectivity index (χ4n) is 1.85. The van der Waals surface area contributed by atoms with E-state index < -0.39 is 7.25 Å². The molecule has 140 valence electrons. The van der Waals surface area contributed by atoms with Gasteiger partial charge in [0.15, 0.2) is 0 Å². The molecule has 2 rings (SSSR count). The molecule has 8 heteroatoms. The Kier molecular flexibility index (Phi) is 7.49. The Labute approximate surface area is 168 Å². The SMILES string of the molecule is CC(C)(C)c1cc(-c2ccc(I)s2)cc(C(C)(C)C)[s+]1.F[B-](F)(F)F. The van der Waals surface area contributed by atoms with Gasteiger partial charge in [-0.1, -0.05) is 41.5 Å². The number of rotatable bonds is 1. The third kappa shape index (κ3) is 8.34. The van der Waals surface area contributed by atoms with Gasteiger partial charge >= 0.3 is 7.25 Å².